The van der Waals surface area contributed by atoms with Crippen LogP contribution in [0.1, 0.15) is 32.6 Å². The van der Waals surface area contributed by atoms with Crippen molar-refractivity contribution in [3.63, 3.8) is 0 Å². The van der Waals surface area contributed by atoms with E-state index >= 15 is 0 Å². The summed E-state index contributed by atoms with van der Waals surface area (Å²) in [6.07, 6.45) is 2.09. The van der Waals surface area contributed by atoms with Crippen molar-refractivity contribution in [2.75, 3.05) is 12.4 Å². The van der Waals surface area contributed by atoms with Crippen LogP contribution in [0, 0.1) is 0 Å². The predicted octanol–water partition coefficient (Wildman–Crippen LogP) is -2.34. The quantitative estimate of drug-likeness (QED) is 0.222. The molecule has 0 aliphatic rings. The molecule has 0 spiro atoms. The van der Waals surface area contributed by atoms with Crippen molar-refractivity contribution in [2.24, 2.45) is 0 Å². The molecule has 0 N–H and O–H groups in total. The van der Waals surface area contributed by atoms with Crippen molar-refractivity contribution in [1.82, 2.24) is 0 Å². The predicted molar refractivity (Wildman–Crippen MR) is 49.7 cm³/mol. The van der Waals surface area contributed by atoms with Crippen LogP contribution in [0.25, 0.3) is 0 Å². The number of ether oxygens (including phenoxy) is 1. The molecule has 0 heterocycles. The largest absolute Gasteiger partial charge is 1.00 e. The van der Waals surface area contributed by atoms with Gasteiger partial charge in [0.25, 0.3) is 0 Å². The molecule has 0 saturated carbocycles. The summed E-state index contributed by atoms with van der Waals surface area (Å²) in [5.74, 6) is -0.816. The average Bonchev–Trinajstić information content (AvgIpc) is 2.07. The molecule has 0 amide bonds. The van der Waals surface area contributed by atoms with Crippen molar-refractivity contribution in [1.29, 1.82) is 0 Å². The number of carbonyl (C=O) groups is 1. The van der Waals surface area contributed by atoms with Crippen LogP contribution in [0.15, 0.2) is 0 Å². The topological polar surface area (TPSA) is 83.5 Å². The zero-order valence-corrected chi connectivity index (χ0v) is 13.1. The number of hydrogen-bond acceptors (Lipinski definition) is 5. The molecule has 0 aliphatic carbocycles. The number of unbranched alkanes of at least 4 members (excludes halogenated alkanes) is 1. The summed E-state index contributed by atoms with van der Waals surface area (Å²) in [5, 5.41) is 0. The van der Waals surface area contributed by atoms with Gasteiger partial charge < -0.3 is 9.29 Å². The van der Waals surface area contributed by atoms with Gasteiger partial charge in [-0.2, -0.15) is 0 Å². The van der Waals surface area contributed by atoms with Crippen molar-refractivity contribution in [2.45, 2.75) is 32.6 Å². The molecule has 0 fully saturated rings. The van der Waals surface area contributed by atoms with Gasteiger partial charge in [0.05, 0.1) is 16.7 Å². The Morgan fingerprint density at radius 1 is 1.33 bits per heavy atom. The van der Waals surface area contributed by atoms with Gasteiger partial charge in [-0.05, 0) is 12.8 Å². The minimum atomic E-state index is -4.18. The number of rotatable bonds is 7. The van der Waals surface area contributed by atoms with Gasteiger partial charge >= 0.3 is 57.4 Å². The van der Waals surface area contributed by atoms with Gasteiger partial charge in [0.15, 0.2) is 0 Å². The Balaban J connectivity index is 0. The van der Waals surface area contributed by atoms with E-state index in [2.05, 4.69) is 0 Å². The van der Waals surface area contributed by atoms with E-state index in [0.29, 0.717) is 6.42 Å². The Morgan fingerprint density at radius 3 is 2.40 bits per heavy atom. The molecule has 0 atom stereocenters. The van der Waals surface area contributed by atoms with Crippen LogP contribution in [0.5, 0.6) is 0 Å². The third-order valence-electron chi connectivity index (χ3n) is 1.54. The third kappa shape index (κ3) is 15.0. The van der Waals surface area contributed by atoms with E-state index in [1.165, 1.54) is 0 Å². The van der Waals surface area contributed by atoms with Crippen LogP contribution in [-0.2, 0) is 19.6 Å². The minimum Gasteiger partial charge on any atom is -0.748 e. The van der Waals surface area contributed by atoms with Crippen LogP contribution in [0.4, 0.5) is 0 Å². The SMILES string of the molecule is CCCCC(=O)OCCCS(=O)(=O)[O-].[K+]. The monoisotopic (exact) mass is 262 g/mol. The molecule has 0 bridgehead atoms. The Kier molecular flexibility index (Phi) is 12.5. The van der Waals surface area contributed by atoms with E-state index in [1.807, 2.05) is 6.92 Å². The summed E-state index contributed by atoms with van der Waals surface area (Å²) in [6.45, 7) is 1.96. The van der Waals surface area contributed by atoms with Crippen molar-refractivity contribution in [3.8, 4) is 0 Å². The first kappa shape index (κ1) is 18.4. The molecule has 0 radical (unpaired) electrons. The molecule has 0 saturated heterocycles. The van der Waals surface area contributed by atoms with E-state index in [9.17, 15) is 17.8 Å². The molecule has 0 unspecified atom stereocenters. The maximum Gasteiger partial charge on any atom is 1.00 e. The molecule has 0 aromatic carbocycles. The zero-order chi connectivity index (χ0) is 11.0. The first-order chi connectivity index (χ1) is 6.45. The Bertz CT molecular complexity index is 262. The minimum absolute atomic E-state index is 0. The van der Waals surface area contributed by atoms with Gasteiger partial charge in [-0.15, -0.1) is 0 Å². The molecule has 0 aliphatic heterocycles. The van der Waals surface area contributed by atoms with Gasteiger partial charge in [0.2, 0.25) is 0 Å². The second-order valence-electron chi connectivity index (χ2n) is 2.94. The fourth-order valence-electron chi connectivity index (χ4n) is 0.815. The van der Waals surface area contributed by atoms with Gasteiger partial charge in [-0.3, -0.25) is 4.79 Å². The van der Waals surface area contributed by atoms with Gasteiger partial charge in [0.1, 0.15) is 0 Å². The summed E-state index contributed by atoms with van der Waals surface area (Å²) in [5.41, 5.74) is 0. The van der Waals surface area contributed by atoms with Crippen molar-refractivity contribution < 1.29 is 73.9 Å². The van der Waals surface area contributed by atoms with Crippen LogP contribution < -0.4 is 51.4 Å². The van der Waals surface area contributed by atoms with Gasteiger partial charge in [0, 0.05) is 12.2 Å². The van der Waals surface area contributed by atoms with E-state index in [1.54, 1.807) is 0 Å². The first-order valence-electron chi connectivity index (χ1n) is 4.55. The summed E-state index contributed by atoms with van der Waals surface area (Å²) in [4.78, 5) is 10.9. The molecule has 5 nitrogen and oxygen atoms in total. The summed E-state index contributed by atoms with van der Waals surface area (Å²) in [7, 11) is -4.18. The molecular formula is C8H15KO5S. The molecule has 15 heavy (non-hydrogen) atoms. The Morgan fingerprint density at radius 2 is 1.93 bits per heavy atom. The van der Waals surface area contributed by atoms with Crippen LogP contribution >= 0.6 is 0 Å². The smallest absolute Gasteiger partial charge is 0.748 e. The molecular weight excluding hydrogens is 247 g/mol. The summed E-state index contributed by atoms with van der Waals surface area (Å²) >= 11 is 0. The van der Waals surface area contributed by atoms with E-state index in [-0.39, 0.29) is 70.4 Å². The number of carbonyl (C=O) groups excluding carboxylic acids is 1. The first-order valence-corrected chi connectivity index (χ1v) is 6.12. The normalized spacial score (nSPS) is 10.5. The number of hydrogen-bond donors (Lipinski definition) is 0. The molecule has 0 rings (SSSR count). The fourth-order valence-corrected chi connectivity index (χ4v) is 1.29. The van der Waals surface area contributed by atoms with E-state index in [4.69, 9.17) is 4.74 Å². The van der Waals surface area contributed by atoms with Crippen LogP contribution in [0.3, 0.4) is 0 Å². The zero-order valence-electron chi connectivity index (χ0n) is 9.19. The molecule has 7 heteroatoms. The van der Waals surface area contributed by atoms with E-state index < -0.39 is 15.9 Å². The Hall–Kier alpha value is 1.02. The van der Waals surface area contributed by atoms with Gasteiger partial charge in [-0.1, -0.05) is 13.3 Å². The number of esters is 1. The van der Waals surface area contributed by atoms with Crippen LogP contribution in [0.2, 0.25) is 0 Å². The van der Waals surface area contributed by atoms with E-state index in [0.717, 1.165) is 12.8 Å². The fraction of sp³-hybridized carbons (Fsp3) is 0.875. The molecule has 0 aromatic rings. The molecule has 84 valence electrons. The van der Waals surface area contributed by atoms with Gasteiger partial charge in [-0.25, -0.2) is 8.42 Å². The van der Waals surface area contributed by atoms with Crippen molar-refractivity contribution in [3.05, 3.63) is 0 Å². The second kappa shape index (κ2) is 10.2. The standard InChI is InChI=1S/C8H16O5S.K/c1-2-3-5-8(9)13-6-4-7-14(10,11)12;/h2-7H2,1H3,(H,10,11,12);/q;+1/p-1. The third-order valence-corrected chi connectivity index (χ3v) is 2.32. The summed E-state index contributed by atoms with van der Waals surface area (Å²) < 4.78 is 35.2. The van der Waals surface area contributed by atoms with Crippen molar-refractivity contribution >= 4 is 16.1 Å². The average molecular weight is 262 g/mol. The maximum atomic E-state index is 10.9. The second-order valence-corrected chi connectivity index (χ2v) is 4.46. The molecule has 0 aromatic heterocycles. The summed E-state index contributed by atoms with van der Waals surface area (Å²) in [6, 6.07) is 0. The van der Waals surface area contributed by atoms with Crippen LogP contribution in [-0.4, -0.2) is 31.3 Å². The Labute approximate surface area is 133 Å². The maximum absolute atomic E-state index is 10.9.